The molecule has 0 radical (unpaired) electrons. The van der Waals surface area contributed by atoms with Crippen LogP contribution in [-0.4, -0.2) is 55.7 Å². The number of nitrogens with zero attached hydrogens (tertiary/aromatic N) is 1. The number of anilines is 1. The quantitative estimate of drug-likeness (QED) is 0.828. The van der Waals surface area contributed by atoms with Crippen molar-refractivity contribution >= 4 is 17.6 Å². The first-order valence-electron chi connectivity index (χ1n) is 7.40. The highest BCUT2D eigenvalue weighted by Crippen LogP contribution is 2.34. The summed E-state index contributed by atoms with van der Waals surface area (Å²) in [4.78, 5) is 26.2. The van der Waals surface area contributed by atoms with E-state index < -0.39 is 5.54 Å². The van der Waals surface area contributed by atoms with Crippen molar-refractivity contribution < 1.29 is 19.1 Å². The normalized spacial score (nSPS) is 23.6. The zero-order valence-electron chi connectivity index (χ0n) is 12.8. The minimum absolute atomic E-state index is 0.0756. The molecule has 0 saturated carbocycles. The van der Waals surface area contributed by atoms with Gasteiger partial charge in [-0.15, -0.1) is 0 Å². The van der Waals surface area contributed by atoms with E-state index in [1.807, 2.05) is 17.9 Å². The number of hydrogen-bond acceptors (Lipinski definition) is 5. The molecule has 1 amide bonds. The maximum atomic E-state index is 12.8. The van der Waals surface area contributed by atoms with Crippen molar-refractivity contribution in [2.45, 2.75) is 18.9 Å². The van der Waals surface area contributed by atoms with Gasteiger partial charge in [0, 0.05) is 25.2 Å². The summed E-state index contributed by atoms with van der Waals surface area (Å²) in [6, 6.07) is 5.34. The van der Waals surface area contributed by atoms with Crippen LogP contribution in [0.1, 0.15) is 22.8 Å². The first-order valence-corrected chi connectivity index (χ1v) is 7.40. The molecule has 6 heteroatoms. The van der Waals surface area contributed by atoms with Gasteiger partial charge in [0.2, 0.25) is 5.91 Å². The summed E-state index contributed by atoms with van der Waals surface area (Å²) < 4.78 is 10.0. The van der Waals surface area contributed by atoms with E-state index in [4.69, 9.17) is 9.47 Å². The van der Waals surface area contributed by atoms with Crippen LogP contribution in [0.25, 0.3) is 0 Å². The van der Waals surface area contributed by atoms with Crippen molar-refractivity contribution in [3.8, 4) is 0 Å². The van der Waals surface area contributed by atoms with Crippen molar-refractivity contribution in [1.29, 1.82) is 0 Å². The van der Waals surface area contributed by atoms with Crippen molar-refractivity contribution in [1.82, 2.24) is 4.90 Å². The number of ether oxygens (including phenoxy) is 2. The average molecular weight is 304 g/mol. The number of rotatable bonds is 2. The molecule has 1 aromatic carbocycles. The topological polar surface area (TPSA) is 67.9 Å². The minimum atomic E-state index is -0.672. The van der Waals surface area contributed by atoms with Gasteiger partial charge in [0.25, 0.3) is 0 Å². The Kier molecular flexibility index (Phi) is 3.78. The molecule has 2 aliphatic heterocycles. The molecule has 2 heterocycles. The zero-order chi connectivity index (χ0) is 15.7. The largest absolute Gasteiger partial charge is 0.465 e. The highest BCUT2D eigenvalue weighted by Gasteiger charge is 2.42. The van der Waals surface area contributed by atoms with Crippen LogP contribution in [0.15, 0.2) is 18.2 Å². The molecule has 3 rings (SSSR count). The maximum Gasteiger partial charge on any atom is 0.337 e. The number of morpholine rings is 1. The summed E-state index contributed by atoms with van der Waals surface area (Å²) in [5.41, 5.74) is 1.70. The lowest BCUT2D eigenvalue weighted by Gasteiger charge is -2.34. The van der Waals surface area contributed by atoms with Gasteiger partial charge in [0.15, 0.2) is 0 Å². The molecule has 1 atom stereocenters. The Morgan fingerprint density at radius 3 is 2.73 bits per heavy atom. The molecule has 1 unspecified atom stereocenters. The first-order chi connectivity index (χ1) is 10.5. The molecule has 6 nitrogen and oxygen atoms in total. The fourth-order valence-corrected chi connectivity index (χ4v) is 3.07. The lowest BCUT2D eigenvalue weighted by atomic mass is 9.95. The Morgan fingerprint density at radius 1 is 1.32 bits per heavy atom. The van der Waals surface area contributed by atoms with Crippen LogP contribution in [0.4, 0.5) is 5.69 Å². The van der Waals surface area contributed by atoms with Crippen LogP contribution < -0.4 is 5.32 Å². The van der Waals surface area contributed by atoms with Crippen LogP contribution in [0, 0.1) is 0 Å². The van der Waals surface area contributed by atoms with E-state index >= 15 is 0 Å². The van der Waals surface area contributed by atoms with Crippen molar-refractivity contribution in [2.24, 2.45) is 0 Å². The summed E-state index contributed by atoms with van der Waals surface area (Å²) in [5, 5.41) is 3.31. The molecule has 0 aliphatic carbocycles. The number of nitrogens with one attached hydrogen (secondary N) is 1. The molecule has 22 heavy (non-hydrogen) atoms. The molecular weight excluding hydrogens is 284 g/mol. The third kappa shape index (κ3) is 2.54. The zero-order valence-corrected chi connectivity index (χ0v) is 12.8. The van der Waals surface area contributed by atoms with Gasteiger partial charge in [-0.2, -0.15) is 0 Å². The maximum absolute atomic E-state index is 12.8. The van der Waals surface area contributed by atoms with Crippen LogP contribution in [0.2, 0.25) is 0 Å². The molecule has 1 fully saturated rings. The number of amides is 1. The number of esters is 1. The van der Waals surface area contributed by atoms with E-state index in [9.17, 15) is 9.59 Å². The smallest absolute Gasteiger partial charge is 0.337 e. The summed E-state index contributed by atoms with van der Waals surface area (Å²) in [7, 11) is 1.36. The summed E-state index contributed by atoms with van der Waals surface area (Å²) >= 11 is 0. The Labute approximate surface area is 129 Å². The molecular formula is C16H20N2O4. The minimum Gasteiger partial charge on any atom is -0.465 e. The molecule has 0 spiro atoms. The molecule has 1 aromatic rings. The van der Waals surface area contributed by atoms with Crippen LogP contribution in [0.3, 0.4) is 0 Å². The van der Waals surface area contributed by atoms with E-state index in [1.54, 1.807) is 12.1 Å². The first kappa shape index (κ1) is 14.8. The Balaban J connectivity index is 1.80. The van der Waals surface area contributed by atoms with Gasteiger partial charge < -0.3 is 19.7 Å². The summed E-state index contributed by atoms with van der Waals surface area (Å²) in [6.45, 7) is 4.32. The molecule has 2 aliphatic rings. The van der Waals surface area contributed by atoms with Crippen molar-refractivity contribution in [3.63, 3.8) is 0 Å². The second-order valence-electron chi connectivity index (χ2n) is 5.90. The lowest BCUT2D eigenvalue weighted by molar-refractivity contribution is -0.139. The molecule has 1 N–H and O–H groups in total. The molecule has 118 valence electrons. The van der Waals surface area contributed by atoms with Gasteiger partial charge in [-0.3, -0.25) is 4.79 Å². The number of carbonyl (C=O) groups excluding carboxylic acids is 2. The van der Waals surface area contributed by atoms with Crippen LogP contribution in [-0.2, 0) is 20.7 Å². The fourth-order valence-electron chi connectivity index (χ4n) is 3.07. The van der Waals surface area contributed by atoms with Crippen molar-refractivity contribution in [2.75, 3.05) is 38.7 Å². The number of methoxy groups -OCH3 is 1. The Hall–Kier alpha value is -2.08. The standard InChI is InChI=1S/C16H20N2O4/c1-16(15(20)18-5-7-22-8-6-18)10-12-9-11(14(19)21-2)3-4-13(12)17-16/h3-4,9,17H,5-8,10H2,1-2H3. The lowest BCUT2D eigenvalue weighted by Crippen LogP contribution is -2.54. The van der Waals surface area contributed by atoms with E-state index in [-0.39, 0.29) is 11.9 Å². The second kappa shape index (κ2) is 5.61. The van der Waals surface area contributed by atoms with E-state index in [0.29, 0.717) is 38.3 Å². The number of carbonyl (C=O) groups is 2. The highest BCUT2D eigenvalue weighted by molar-refractivity contribution is 5.94. The summed E-state index contributed by atoms with van der Waals surface area (Å²) in [5.74, 6) is -0.289. The van der Waals surface area contributed by atoms with Gasteiger partial charge >= 0.3 is 5.97 Å². The fraction of sp³-hybridized carbons (Fsp3) is 0.500. The van der Waals surface area contributed by atoms with E-state index in [0.717, 1.165) is 11.3 Å². The monoisotopic (exact) mass is 304 g/mol. The van der Waals surface area contributed by atoms with Gasteiger partial charge in [0.05, 0.1) is 25.9 Å². The highest BCUT2D eigenvalue weighted by atomic mass is 16.5. The average Bonchev–Trinajstić information content (AvgIpc) is 2.90. The van der Waals surface area contributed by atoms with Gasteiger partial charge in [-0.1, -0.05) is 0 Å². The Bertz CT molecular complexity index is 610. The summed E-state index contributed by atoms with van der Waals surface area (Å²) in [6.07, 6.45) is 0.559. The van der Waals surface area contributed by atoms with E-state index in [1.165, 1.54) is 7.11 Å². The Morgan fingerprint density at radius 2 is 2.05 bits per heavy atom. The second-order valence-corrected chi connectivity index (χ2v) is 5.90. The predicted octanol–water partition coefficient (Wildman–Crippen LogP) is 1.06. The third-order valence-corrected chi connectivity index (χ3v) is 4.25. The van der Waals surface area contributed by atoms with Crippen LogP contribution >= 0.6 is 0 Å². The molecule has 1 saturated heterocycles. The van der Waals surface area contributed by atoms with Gasteiger partial charge in [-0.05, 0) is 30.7 Å². The predicted molar refractivity (Wildman–Crippen MR) is 80.9 cm³/mol. The van der Waals surface area contributed by atoms with Gasteiger partial charge in [0.1, 0.15) is 5.54 Å². The van der Waals surface area contributed by atoms with E-state index in [2.05, 4.69) is 5.32 Å². The number of fused-ring (bicyclic) bond motifs is 1. The third-order valence-electron chi connectivity index (χ3n) is 4.25. The van der Waals surface area contributed by atoms with Crippen LogP contribution in [0.5, 0.6) is 0 Å². The van der Waals surface area contributed by atoms with Gasteiger partial charge in [-0.25, -0.2) is 4.79 Å². The molecule has 0 bridgehead atoms. The number of benzene rings is 1. The number of hydrogen-bond donors (Lipinski definition) is 1. The van der Waals surface area contributed by atoms with Crippen molar-refractivity contribution in [3.05, 3.63) is 29.3 Å². The SMILES string of the molecule is COC(=O)c1ccc2c(c1)CC(C)(C(=O)N1CCOCC1)N2. The molecule has 0 aromatic heterocycles.